The van der Waals surface area contributed by atoms with Crippen LogP contribution in [0.1, 0.15) is 39.8 Å². The first kappa shape index (κ1) is 19.6. The molecular weight excluding hydrogens is 384 g/mol. The van der Waals surface area contributed by atoms with Crippen LogP contribution in [0.25, 0.3) is 11.4 Å². The van der Waals surface area contributed by atoms with Crippen molar-refractivity contribution in [2.45, 2.75) is 33.2 Å². The minimum Gasteiger partial charge on any atom is -0.467 e. The molecule has 0 spiro atoms. The molecule has 0 amide bonds. The summed E-state index contributed by atoms with van der Waals surface area (Å²) >= 11 is 0. The van der Waals surface area contributed by atoms with Crippen molar-refractivity contribution in [2.24, 2.45) is 0 Å². The number of nitrogens with zero attached hydrogens (tertiary/aromatic N) is 4. The Morgan fingerprint density at radius 3 is 2.90 bits per heavy atom. The van der Waals surface area contributed by atoms with Crippen LogP contribution in [-0.2, 0) is 17.7 Å². The largest absolute Gasteiger partial charge is 0.467 e. The number of aryl methyl sites for hydroxylation is 2. The van der Waals surface area contributed by atoms with Crippen LogP contribution < -0.4 is 0 Å². The lowest BCUT2D eigenvalue weighted by atomic mass is 10.2. The highest BCUT2D eigenvalue weighted by molar-refractivity contribution is 5.91. The van der Waals surface area contributed by atoms with Gasteiger partial charge in [-0.2, -0.15) is 4.98 Å². The van der Waals surface area contributed by atoms with Crippen molar-refractivity contribution in [3.05, 3.63) is 77.6 Å². The van der Waals surface area contributed by atoms with Crippen molar-refractivity contribution in [3.8, 4) is 11.4 Å². The maximum absolute atomic E-state index is 12.5. The molecule has 4 heterocycles. The molecule has 8 heteroatoms. The third kappa shape index (κ3) is 4.32. The van der Waals surface area contributed by atoms with Crippen LogP contribution in [0.2, 0.25) is 0 Å². The summed E-state index contributed by atoms with van der Waals surface area (Å²) in [5.74, 6) is 1.50. The molecule has 4 aromatic heterocycles. The van der Waals surface area contributed by atoms with Gasteiger partial charge in [0.15, 0.2) is 0 Å². The van der Waals surface area contributed by atoms with E-state index in [9.17, 15) is 4.79 Å². The fraction of sp³-hybridized carbons (Fsp3) is 0.273. The molecule has 0 atom stereocenters. The molecule has 8 nitrogen and oxygen atoms in total. The van der Waals surface area contributed by atoms with Gasteiger partial charge in [-0.15, -0.1) is 0 Å². The second-order valence-electron chi connectivity index (χ2n) is 6.94. The molecule has 0 aliphatic heterocycles. The van der Waals surface area contributed by atoms with Gasteiger partial charge in [0.2, 0.25) is 11.7 Å². The Morgan fingerprint density at radius 2 is 2.13 bits per heavy atom. The number of rotatable bonds is 8. The number of furan rings is 1. The van der Waals surface area contributed by atoms with Crippen LogP contribution in [0.15, 0.2) is 57.9 Å². The van der Waals surface area contributed by atoms with Crippen LogP contribution in [0, 0.1) is 13.8 Å². The molecule has 0 aliphatic rings. The van der Waals surface area contributed by atoms with Crippen molar-refractivity contribution in [1.82, 2.24) is 19.7 Å². The predicted molar refractivity (Wildman–Crippen MR) is 108 cm³/mol. The number of aromatic nitrogens is 4. The summed E-state index contributed by atoms with van der Waals surface area (Å²) in [6, 6.07) is 9.29. The molecule has 4 rings (SSSR count). The summed E-state index contributed by atoms with van der Waals surface area (Å²) in [5, 5.41) is 3.96. The lowest BCUT2D eigenvalue weighted by Gasteiger charge is -2.08. The van der Waals surface area contributed by atoms with Crippen molar-refractivity contribution < 1.29 is 18.5 Å². The van der Waals surface area contributed by atoms with Crippen LogP contribution in [-0.4, -0.2) is 32.3 Å². The van der Waals surface area contributed by atoms with E-state index in [1.807, 2.05) is 48.7 Å². The third-order valence-corrected chi connectivity index (χ3v) is 4.84. The fourth-order valence-electron chi connectivity index (χ4n) is 3.24. The molecule has 0 aliphatic carbocycles. The topological polar surface area (TPSA) is 96.2 Å². The van der Waals surface area contributed by atoms with E-state index in [4.69, 9.17) is 13.7 Å². The number of hydrogen-bond donors (Lipinski definition) is 0. The molecule has 0 bridgehead atoms. The van der Waals surface area contributed by atoms with Gasteiger partial charge in [-0.1, -0.05) is 5.16 Å². The minimum atomic E-state index is -0.338. The number of carbonyl (C=O) groups is 1. The van der Waals surface area contributed by atoms with Crippen LogP contribution >= 0.6 is 0 Å². The second-order valence-corrected chi connectivity index (χ2v) is 6.94. The Bertz CT molecular complexity index is 1110. The first-order valence-electron chi connectivity index (χ1n) is 9.71. The maximum Gasteiger partial charge on any atom is 0.339 e. The summed E-state index contributed by atoms with van der Waals surface area (Å²) in [5.41, 5.74) is 3.19. The normalized spacial score (nSPS) is 11.0. The molecule has 30 heavy (non-hydrogen) atoms. The monoisotopic (exact) mass is 406 g/mol. The molecule has 0 N–H and O–H groups in total. The van der Waals surface area contributed by atoms with Gasteiger partial charge >= 0.3 is 5.97 Å². The zero-order valence-electron chi connectivity index (χ0n) is 16.9. The van der Waals surface area contributed by atoms with E-state index in [0.717, 1.165) is 22.7 Å². The lowest BCUT2D eigenvalue weighted by molar-refractivity contribution is 0.0497. The molecule has 154 valence electrons. The Labute approximate surface area is 173 Å². The first-order chi connectivity index (χ1) is 14.6. The van der Waals surface area contributed by atoms with Crippen LogP contribution in [0.5, 0.6) is 0 Å². The molecule has 0 saturated carbocycles. The van der Waals surface area contributed by atoms with Gasteiger partial charge in [0.1, 0.15) is 5.76 Å². The summed E-state index contributed by atoms with van der Waals surface area (Å²) in [4.78, 5) is 20.9. The summed E-state index contributed by atoms with van der Waals surface area (Å²) in [6.45, 7) is 4.72. The maximum atomic E-state index is 12.5. The zero-order chi connectivity index (χ0) is 20.9. The van der Waals surface area contributed by atoms with Crippen LogP contribution in [0.4, 0.5) is 0 Å². The van der Waals surface area contributed by atoms with Gasteiger partial charge in [0.05, 0.1) is 25.0 Å². The van der Waals surface area contributed by atoms with Gasteiger partial charge in [-0.05, 0) is 50.6 Å². The van der Waals surface area contributed by atoms with Crippen molar-refractivity contribution in [3.63, 3.8) is 0 Å². The zero-order valence-corrected chi connectivity index (χ0v) is 16.9. The second kappa shape index (κ2) is 8.77. The summed E-state index contributed by atoms with van der Waals surface area (Å²) in [6.07, 6.45) is 6.12. The lowest BCUT2D eigenvalue weighted by Crippen LogP contribution is -2.09. The van der Waals surface area contributed by atoms with E-state index in [0.29, 0.717) is 36.7 Å². The summed E-state index contributed by atoms with van der Waals surface area (Å²) < 4.78 is 18.2. The van der Waals surface area contributed by atoms with Gasteiger partial charge in [-0.3, -0.25) is 4.98 Å². The third-order valence-electron chi connectivity index (χ3n) is 4.84. The Morgan fingerprint density at radius 1 is 1.23 bits per heavy atom. The molecule has 0 saturated heterocycles. The number of ether oxygens (including phenoxy) is 1. The standard InChI is InChI=1S/C22H22N4O4/c1-15-12-19(16(2)26(15)14-18-7-4-10-28-18)22(27)29-11-5-8-20-24-21(25-30-20)17-6-3-9-23-13-17/h3-4,6-7,9-10,12-13H,5,8,11,14H2,1-2H3. The molecule has 0 aromatic carbocycles. The molecule has 0 unspecified atom stereocenters. The molecular formula is C22H22N4O4. The minimum absolute atomic E-state index is 0.269. The van der Waals surface area contributed by atoms with E-state index >= 15 is 0 Å². The molecule has 4 aromatic rings. The highest BCUT2D eigenvalue weighted by Gasteiger charge is 2.18. The highest BCUT2D eigenvalue weighted by atomic mass is 16.5. The summed E-state index contributed by atoms with van der Waals surface area (Å²) in [7, 11) is 0. The highest BCUT2D eigenvalue weighted by Crippen LogP contribution is 2.19. The number of pyridine rings is 1. The van der Waals surface area contributed by atoms with Crippen molar-refractivity contribution in [1.29, 1.82) is 0 Å². The van der Waals surface area contributed by atoms with Crippen LogP contribution in [0.3, 0.4) is 0 Å². The van der Waals surface area contributed by atoms with E-state index in [2.05, 4.69) is 15.1 Å². The molecule has 0 fully saturated rings. The average Bonchev–Trinajstić information content (AvgIpc) is 3.50. The average molecular weight is 406 g/mol. The predicted octanol–water partition coefficient (Wildman–Crippen LogP) is 3.98. The number of carbonyl (C=O) groups excluding carboxylic acids is 1. The molecule has 0 radical (unpaired) electrons. The van der Waals surface area contributed by atoms with E-state index < -0.39 is 0 Å². The quantitative estimate of drug-likeness (QED) is 0.322. The van der Waals surface area contributed by atoms with E-state index in [1.165, 1.54) is 0 Å². The smallest absolute Gasteiger partial charge is 0.339 e. The van der Waals surface area contributed by atoms with Gasteiger partial charge in [-0.25, -0.2) is 4.79 Å². The Kier molecular flexibility index (Phi) is 5.74. The van der Waals surface area contributed by atoms with Gasteiger partial charge in [0.25, 0.3) is 0 Å². The Hall–Kier alpha value is -3.68. The van der Waals surface area contributed by atoms with Gasteiger partial charge < -0.3 is 18.2 Å². The van der Waals surface area contributed by atoms with E-state index in [1.54, 1.807) is 18.7 Å². The van der Waals surface area contributed by atoms with Crippen molar-refractivity contribution >= 4 is 5.97 Å². The van der Waals surface area contributed by atoms with E-state index in [-0.39, 0.29) is 12.6 Å². The number of esters is 1. The van der Waals surface area contributed by atoms with Gasteiger partial charge in [0, 0.05) is 35.8 Å². The SMILES string of the molecule is Cc1cc(C(=O)OCCCc2nc(-c3cccnc3)no2)c(C)n1Cc1ccco1. The van der Waals surface area contributed by atoms with Crippen molar-refractivity contribution in [2.75, 3.05) is 6.61 Å². The first-order valence-corrected chi connectivity index (χ1v) is 9.71. The fourth-order valence-corrected chi connectivity index (χ4v) is 3.24. The number of hydrogen-bond acceptors (Lipinski definition) is 7. The Balaban J connectivity index is 1.30.